The van der Waals surface area contributed by atoms with Crippen molar-refractivity contribution in [1.29, 1.82) is 0 Å². The summed E-state index contributed by atoms with van der Waals surface area (Å²) in [6, 6.07) is 2.08. The molecule has 0 saturated carbocycles. The first-order valence-electron chi connectivity index (χ1n) is 4.19. The second kappa shape index (κ2) is 5.81. The Morgan fingerprint density at radius 3 is 2.60 bits per heavy atom. The van der Waals surface area contributed by atoms with Crippen molar-refractivity contribution in [3.05, 3.63) is 12.0 Å². The van der Waals surface area contributed by atoms with E-state index in [1.165, 1.54) is 0 Å². The van der Waals surface area contributed by atoms with Gasteiger partial charge in [-0.2, -0.15) is 0 Å². The molecule has 0 atom stereocenters. The normalized spacial score (nSPS) is 12.1. The fourth-order valence-electron chi connectivity index (χ4n) is 0.519. The predicted octanol–water partition coefficient (Wildman–Crippen LogP) is 1.13. The molecule has 5 heteroatoms. The van der Waals surface area contributed by atoms with Crippen LogP contribution in [0.15, 0.2) is 17.0 Å². The Balaban J connectivity index is 4.20. The van der Waals surface area contributed by atoms with Crippen LogP contribution in [0.3, 0.4) is 0 Å². The van der Waals surface area contributed by atoms with Crippen LogP contribution in [0.4, 0.5) is 4.39 Å². The van der Waals surface area contributed by atoms with Crippen LogP contribution in [0.1, 0.15) is 20.8 Å². The lowest BCUT2D eigenvalue weighted by Crippen LogP contribution is -2.22. The van der Waals surface area contributed by atoms with Gasteiger partial charge in [-0.15, -0.1) is 0 Å². The third-order valence-electron chi connectivity index (χ3n) is 0.968. The van der Waals surface area contributed by atoms with E-state index in [1.807, 2.05) is 0 Å². The number of esters is 1. The molecule has 0 aromatic carbocycles. The van der Waals surface area contributed by atoms with E-state index in [0.29, 0.717) is 0 Å². The predicted molar refractivity (Wildman–Crippen MR) is 55.5 cm³/mol. The van der Waals surface area contributed by atoms with E-state index in [4.69, 9.17) is 10.5 Å². The molecule has 0 aliphatic heterocycles. The zero-order valence-electron chi connectivity index (χ0n) is 8.87. The van der Waals surface area contributed by atoms with Gasteiger partial charge in [0.2, 0.25) is 0 Å². The maximum atomic E-state index is 12.3. The van der Waals surface area contributed by atoms with Crippen molar-refractivity contribution in [2.45, 2.75) is 26.4 Å². The van der Waals surface area contributed by atoms with Crippen molar-refractivity contribution in [2.75, 3.05) is 0 Å². The molecule has 2 N–H and O–H groups in total. The number of carbonyl (C=O) groups excluding carboxylic acids is 1. The van der Waals surface area contributed by atoms with Gasteiger partial charge in [-0.1, -0.05) is 0 Å². The highest BCUT2D eigenvalue weighted by Crippen LogP contribution is 2.05. The molecule has 0 amide bonds. The van der Waals surface area contributed by atoms with Gasteiger partial charge in [0.15, 0.2) is 5.83 Å². The van der Waals surface area contributed by atoms with Crippen LogP contribution in [-0.4, -0.2) is 17.8 Å². The Morgan fingerprint density at radius 2 is 2.13 bits per heavy atom. The zero-order valence-corrected chi connectivity index (χ0v) is 8.87. The number of rotatable bonds is 1. The molecule has 15 heavy (non-hydrogen) atoms. The maximum Gasteiger partial charge on any atom is 0.386 e. The van der Waals surface area contributed by atoms with Crippen LogP contribution in [0.25, 0.3) is 0 Å². The third kappa shape index (κ3) is 8.50. The molecule has 0 fully saturated rings. The third-order valence-corrected chi connectivity index (χ3v) is 0.968. The molecule has 4 nitrogen and oxygen atoms in total. The van der Waals surface area contributed by atoms with Crippen molar-refractivity contribution in [3.8, 4) is 12.0 Å². The first-order valence-corrected chi connectivity index (χ1v) is 4.19. The minimum Gasteiger partial charge on any atom is -0.450 e. The molecule has 0 heterocycles. The zero-order chi connectivity index (χ0) is 11.9. The van der Waals surface area contributed by atoms with Crippen LogP contribution in [0, 0.1) is 12.0 Å². The van der Waals surface area contributed by atoms with E-state index in [1.54, 1.807) is 20.8 Å². The van der Waals surface area contributed by atoms with Gasteiger partial charge in [-0.25, -0.2) is 14.2 Å². The minimum absolute atomic E-state index is 0.599. The van der Waals surface area contributed by atoms with Gasteiger partial charge in [-0.3, -0.25) is 0 Å². The summed E-state index contributed by atoms with van der Waals surface area (Å²) >= 11 is 0. The number of aliphatic imine (C=N–C) groups is 1. The molecule has 0 aromatic heterocycles. The summed E-state index contributed by atoms with van der Waals surface area (Å²) in [6.45, 7) is 5.14. The summed E-state index contributed by atoms with van der Waals surface area (Å²) in [4.78, 5) is 14.3. The number of nitrogens with two attached hydrogens (primary N) is 1. The Bertz CT molecular complexity index is 343. The number of carbonyl (C=O) groups is 1. The van der Waals surface area contributed by atoms with E-state index in [-0.39, 0.29) is 0 Å². The van der Waals surface area contributed by atoms with Crippen molar-refractivity contribution in [1.82, 2.24) is 0 Å². The molecule has 0 aliphatic carbocycles. The molecule has 0 bridgehead atoms. The molecule has 0 radical (unpaired) electrons. The lowest BCUT2D eigenvalue weighted by molar-refractivity contribution is -0.147. The topological polar surface area (TPSA) is 64.7 Å². The Morgan fingerprint density at radius 1 is 1.53 bits per heavy atom. The first kappa shape index (κ1) is 13.2. The standard InChI is InChI=1S/C10H13FN2O2/c1-10(2,3)15-9(14)4-5-13-7-8(11)6-12/h6-7H,12H2,1-3H3. The Labute approximate surface area is 88.0 Å². The highest BCUT2D eigenvalue weighted by Gasteiger charge is 2.13. The van der Waals surface area contributed by atoms with E-state index in [2.05, 4.69) is 17.0 Å². The van der Waals surface area contributed by atoms with Crippen LogP contribution in [0.5, 0.6) is 0 Å². The van der Waals surface area contributed by atoms with Gasteiger partial charge in [0.25, 0.3) is 0 Å². The molecule has 0 aliphatic rings. The summed E-state index contributed by atoms with van der Waals surface area (Å²) in [6.07, 6.45) is 1.54. The average molecular weight is 212 g/mol. The largest absolute Gasteiger partial charge is 0.450 e. The summed E-state index contributed by atoms with van der Waals surface area (Å²) < 4.78 is 17.2. The molecule has 0 aromatic rings. The van der Waals surface area contributed by atoms with Crippen LogP contribution < -0.4 is 5.73 Å². The van der Waals surface area contributed by atoms with Crippen LogP contribution in [0.2, 0.25) is 0 Å². The van der Waals surface area contributed by atoms with Gasteiger partial charge in [0.05, 0.1) is 6.21 Å². The quantitative estimate of drug-likeness (QED) is 0.402. The van der Waals surface area contributed by atoms with Gasteiger partial charge in [0, 0.05) is 18.2 Å². The second-order valence-electron chi connectivity index (χ2n) is 3.55. The maximum absolute atomic E-state index is 12.3. The van der Waals surface area contributed by atoms with E-state index >= 15 is 0 Å². The first-order chi connectivity index (χ1) is 6.85. The molecule has 0 saturated heterocycles. The molecule has 0 spiro atoms. The van der Waals surface area contributed by atoms with E-state index in [0.717, 1.165) is 12.4 Å². The molecule has 0 unspecified atom stereocenters. The van der Waals surface area contributed by atoms with Crippen molar-refractivity contribution in [3.63, 3.8) is 0 Å². The van der Waals surface area contributed by atoms with Crippen LogP contribution in [-0.2, 0) is 9.53 Å². The smallest absolute Gasteiger partial charge is 0.386 e. The molecule has 0 rings (SSSR count). The summed E-state index contributed by atoms with van der Waals surface area (Å²) in [5.41, 5.74) is 4.23. The van der Waals surface area contributed by atoms with Gasteiger partial charge < -0.3 is 10.5 Å². The molecule has 82 valence electrons. The van der Waals surface area contributed by atoms with E-state index < -0.39 is 17.4 Å². The lowest BCUT2D eigenvalue weighted by Gasteiger charge is -2.16. The number of allylic oxidation sites excluding steroid dienone is 1. The van der Waals surface area contributed by atoms with Crippen LogP contribution >= 0.6 is 0 Å². The summed E-state index contributed by atoms with van der Waals surface area (Å²) in [7, 11) is 0. The number of hydrogen-bond acceptors (Lipinski definition) is 4. The van der Waals surface area contributed by atoms with Crippen molar-refractivity contribution in [2.24, 2.45) is 10.7 Å². The van der Waals surface area contributed by atoms with E-state index in [9.17, 15) is 9.18 Å². The minimum atomic E-state index is -0.728. The monoisotopic (exact) mass is 212 g/mol. The number of halogens is 1. The fourth-order valence-corrected chi connectivity index (χ4v) is 0.519. The number of ether oxygens (including phenoxy) is 1. The Hall–Kier alpha value is -1.83. The lowest BCUT2D eigenvalue weighted by atomic mass is 10.2. The Kier molecular flexibility index (Phi) is 5.10. The SMILES string of the molecule is CC(C)(C)OC(=O)C#CN=CC(F)=CN. The highest BCUT2D eigenvalue weighted by atomic mass is 19.1. The van der Waals surface area contributed by atoms with Gasteiger partial charge >= 0.3 is 5.97 Å². The van der Waals surface area contributed by atoms with Gasteiger partial charge in [0.1, 0.15) is 5.60 Å². The van der Waals surface area contributed by atoms with Crippen molar-refractivity contribution < 1.29 is 13.9 Å². The molecular formula is C10H13FN2O2. The second-order valence-corrected chi connectivity index (χ2v) is 3.55. The summed E-state index contributed by atoms with van der Waals surface area (Å²) in [5.74, 6) is 0.635. The van der Waals surface area contributed by atoms with Crippen molar-refractivity contribution >= 4 is 12.2 Å². The highest BCUT2D eigenvalue weighted by molar-refractivity contribution is 5.89. The average Bonchev–Trinajstić information content (AvgIpc) is 2.09. The number of nitrogens with zero attached hydrogens (tertiary/aromatic N) is 1. The summed E-state index contributed by atoms with van der Waals surface area (Å²) in [5, 5.41) is 0. The fraction of sp³-hybridized carbons (Fsp3) is 0.400. The molecular weight excluding hydrogens is 199 g/mol. The van der Waals surface area contributed by atoms with Gasteiger partial charge in [-0.05, 0) is 20.8 Å². The number of hydrogen-bond donors (Lipinski definition) is 1.